The Morgan fingerprint density at radius 3 is 2.07 bits per heavy atom. The maximum Gasteiger partial charge on any atom is 0.334 e. The smallest absolute Gasteiger partial charge is 0.334 e. The summed E-state index contributed by atoms with van der Waals surface area (Å²) in [7, 11) is 0. The van der Waals surface area contributed by atoms with Gasteiger partial charge < -0.3 is 59.4 Å². The van der Waals surface area contributed by atoms with Gasteiger partial charge in [-0.2, -0.15) is 0 Å². The Labute approximate surface area is 270 Å². The first-order chi connectivity index (χ1) is 21.9. The van der Waals surface area contributed by atoms with Crippen molar-refractivity contribution in [1.29, 1.82) is 0 Å². The molecule has 3 heterocycles. The summed E-state index contributed by atoms with van der Waals surface area (Å²) in [6.07, 6.45) is 2.19. The number of aliphatic carboxylic acids is 1. The number of ether oxygens (including phenoxy) is 5. The van der Waals surface area contributed by atoms with Crippen LogP contribution in [-0.2, 0) is 33.3 Å². The topological polar surface area (TPSA) is 222 Å². The van der Waals surface area contributed by atoms with E-state index in [0.29, 0.717) is 12.8 Å². The molecule has 0 spiro atoms. The van der Waals surface area contributed by atoms with Crippen molar-refractivity contribution in [2.24, 2.45) is 5.92 Å². The fraction of sp³-hybridized carbons (Fsp3) is 0.875. The van der Waals surface area contributed by atoms with Crippen molar-refractivity contribution >= 4 is 11.9 Å². The van der Waals surface area contributed by atoms with Crippen molar-refractivity contribution in [2.75, 3.05) is 19.8 Å². The van der Waals surface area contributed by atoms with E-state index in [1.165, 1.54) is 0 Å². The van der Waals surface area contributed by atoms with E-state index in [9.17, 15) is 45.3 Å². The molecule has 11 unspecified atom stereocenters. The fourth-order valence-electron chi connectivity index (χ4n) is 6.21. The van der Waals surface area contributed by atoms with Gasteiger partial charge in [-0.25, -0.2) is 4.79 Å². The predicted octanol–water partition coefficient (Wildman–Crippen LogP) is 0.910. The number of rotatable bonds is 21. The average Bonchev–Trinajstić information content (AvgIpc) is 3.48. The Morgan fingerprint density at radius 2 is 1.52 bits per heavy atom. The summed E-state index contributed by atoms with van der Waals surface area (Å²) in [6.45, 7) is 3.68. The van der Waals surface area contributed by atoms with Crippen molar-refractivity contribution in [1.82, 2.24) is 0 Å². The molecular formula is C32H54O14. The Hall–Kier alpha value is -1.72. The van der Waals surface area contributed by atoms with Crippen LogP contribution >= 0.6 is 0 Å². The standard InChI is InChI=1S/C32H54O14/c1-19(43-30-26(25(36)24(35)22(16-33)45-30)46-31-27(37)32(41,17-34)18-42-31)14-12-10-8-6-4-3-5-7-9-11-13-15-21-23(28(38)39)20(2)29(40)44-21/h19,21-27,30-31,33-37,41H,2-18H2,1H3,(H,38,39). The van der Waals surface area contributed by atoms with Gasteiger partial charge in [-0.05, 0) is 26.2 Å². The molecule has 46 heavy (non-hydrogen) atoms. The molecule has 0 amide bonds. The molecule has 14 heteroatoms. The van der Waals surface area contributed by atoms with Gasteiger partial charge in [0.25, 0.3) is 0 Å². The van der Waals surface area contributed by atoms with Crippen LogP contribution in [0.25, 0.3) is 0 Å². The lowest BCUT2D eigenvalue weighted by atomic mass is 9.93. The van der Waals surface area contributed by atoms with E-state index in [0.717, 1.165) is 70.6 Å². The second-order valence-electron chi connectivity index (χ2n) is 12.9. The predicted molar refractivity (Wildman–Crippen MR) is 161 cm³/mol. The molecule has 0 bridgehead atoms. The van der Waals surface area contributed by atoms with Gasteiger partial charge in [0, 0.05) is 5.57 Å². The molecule has 3 saturated heterocycles. The molecule has 0 aromatic rings. The summed E-state index contributed by atoms with van der Waals surface area (Å²) in [4.78, 5) is 23.0. The third-order valence-electron chi connectivity index (χ3n) is 9.20. The SMILES string of the molecule is C=C1C(=O)OC(CCCCCCCCCCCCCC(C)OC2OC(CO)C(O)C(O)C2OC2OCC(O)(CO)C2O)C1C(=O)O. The maximum atomic E-state index is 11.6. The first kappa shape index (κ1) is 38.7. The van der Waals surface area contributed by atoms with Crippen LogP contribution in [0.2, 0.25) is 0 Å². The van der Waals surface area contributed by atoms with Crippen LogP contribution in [0.5, 0.6) is 0 Å². The van der Waals surface area contributed by atoms with Crippen molar-refractivity contribution in [3.05, 3.63) is 12.2 Å². The van der Waals surface area contributed by atoms with Gasteiger partial charge in [0.2, 0.25) is 0 Å². The molecule has 7 N–H and O–H groups in total. The second-order valence-corrected chi connectivity index (χ2v) is 12.9. The number of cyclic esters (lactones) is 1. The number of hydrogen-bond acceptors (Lipinski definition) is 13. The first-order valence-electron chi connectivity index (χ1n) is 16.6. The third kappa shape index (κ3) is 10.4. The van der Waals surface area contributed by atoms with Gasteiger partial charge in [0.05, 0.1) is 25.9 Å². The molecule has 14 nitrogen and oxygen atoms in total. The summed E-state index contributed by atoms with van der Waals surface area (Å²) in [6, 6.07) is 0. The van der Waals surface area contributed by atoms with Gasteiger partial charge in [0.15, 0.2) is 12.6 Å². The Bertz CT molecular complexity index is 963. The minimum Gasteiger partial charge on any atom is -0.481 e. The second kappa shape index (κ2) is 18.7. The quantitative estimate of drug-likeness (QED) is 0.0516. The summed E-state index contributed by atoms with van der Waals surface area (Å²) in [5.41, 5.74) is -1.89. The van der Waals surface area contributed by atoms with Crippen LogP contribution in [0.3, 0.4) is 0 Å². The molecular weight excluding hydrogens is 608 g/mol. The molecule has 11 atom stereocenters. The zero-order valence-corrected chi connectivity index (χ0v) is 26.8. The highest BCUT2D eigenvalue weighted by atomic mass is 16.8. The van der Waals surface area contributed by atoms with Gasteiger partial charge >= 0.3 is 11.9 Å². The van der Waals surface area contributed by atoms with Crippen LogP contribution in [0, 0.1) is 5.92 Å². The Morgan fingerprint density at radius 1 is 0.935 bits per heavy atom. The highest BCUT2D eigenvalue weighted by molar-refractivity contribution is 5.97. The minimum absolute atomic E-state index is 0.0334. The van der Waals surface area contributed by atoms with Gasteiger partial charge in [-0.3, -0.25) is 4.79 Å². The molecule has 0 aromatic heterocycles. The van der Waals surface area contributed by atoms with E-state index in [4.69, 9.17) is 23.7 Å². The molecule has 0 saturated carbocycles. The number of esters is 1. The number of aliphatic hydroxyl groups excluding tert-OH is 5. The van der Waals surface area contributed by atoms with E-state index in [-0.39, 0.29) is 18.3 Å². The number of unbranched alkanes of at least 4 members (excludes halogenated alkanes) is 10. The summed E-state index contributed by atoms with van der Waals surface area (Å²) >= 11 is 0. The van der Waals surface area contributed by atoms with Crippen LogP contribution in [0.15, 0.2) is 12.2 Å². The van der Waals surface area contributed by atoms with E-state index in [2.05, 4.69) is 6.58 Å². The highest BCUT2D eigenvalue weighted by Crippen LogP contribution is 2.33. The van der Waals surface area contributed by atoms with Crippen LogP contribution in [-0.4, -0.2) is 128 Å². The number of carbonyl (C=O) groups is 2. The van der Waals surface area contributed by atoms with E-state index in [1.54, 1.807) is 0 Å². The lowest BCUT2D eigenvalue weighted by Crippen LogP contribution is -2.62. The van der Waals surface area contributed by atoms with Gasteiger partial charge in [-0.1, -0.05) is 70.8 Å². The minimum atomic E-state index is -1.93. The highest BCUT2D eigenvalue weighted by Gasteiger charge is 2.53. The van der Waals surface area contributed by atoms with Crippen molar-refractivity contribution in [2.45, 2.75) is 151 Å². The molecule has 0 radical (unpaired) electrons. The number of aliphatic hydroxyl groups is 6. The molecule has 3 rings (SSSR count). The normalized spacial score (nSPS) is 35.4. The lowest BCUT2D eigenvalue weighted by molar-refractivity contribution is -0.342. The Kier molecular flexibility index (Phi) is 15.8. The third-order valence-corrected chi connectivity index (χ3v) is 9.20. The van der Waals surface area contributed by atoms with Gasteiger partial charge in [0.1, 0.15) is 48.1 Å². The molecule has 0 aliphatic carbocycles. The summed E-state index contributed by atoms with van der Waals surface area (Å²) in [5, 5.41) is 69.9. The van der Waals surface area contributed by atoms with Crippen molar-refractivity contribution < 1.29 is 69.0 Å². The number of carbonyl (C=O) groups excluding carboxylic acids is 1. The summed E-state index contributed by atoms with van der Waals surface area (Å²) < 4.78 is 27.8. The monoisotopic (exact) mass is 662 g/mol. The van der Waals surface area contributed by atoms with Crippen LogP contribution in [0.4, 0.5) is 0 Å². The number of hydrogen-bond donors (Lipinski definition) is 7. The molecule has 3 fully saturated rings. The number of carboxylic acid groups (broad SMARTS) is 1. The van der Waals surface area contributed by atoms with E-state index in [1.807, 2.05) is 6.92 Å². The van der Waals surface area contributed by atoms with Crippen molar-refractivity contribution in [3.63, 3.8) is 0 Å². The molecule has 266 valence electrons. The van der Waals surface area contributed by atoms with Crippen LogP contribution in [0.1, 0.15) is 90.4 Å². The molecule has 3 aliphatic heterocycles. The van der Waals surface area contributed by atoms with E-state index >= 15 is 0 Å². The van der Waals surface area contributed by atoms with Crippen molar-refractivity contribution in [3.8, 4) is 0 Å². The molecule has 0 aromatic carbocycles. The van der Waals surface area contributed by atoms with Gasteiger partial charge in [-0.15, -0.1) is 0 Å². The first-order valence-corrected chi connectivity index (χ1v) is 16.6. The lowest BCUT2D eigenvalue weighted by Gasteiger charge is -2.43. The summed E-state index contributed by atoms with van der Waals surface area (Å²) in [5.74, 6) is -2.60. The zero-order chi connectivity index (χ0) is 33.9. The molecule has 3 aliphatic rings. The number of carboxylic acids is 1. The van der Waals surface area contributed by atoms with E-state index < -0.39 is 85.9 Å². The maximum absolute atomic E-state index is 11.6. The van der Waals surface area contributed by atoms with Crippen LogP contribution < -0.4 is 0 Å². The zero-order valence-electron chi connectivity index (χ0n) is 26.8. The Balaban J connectivity index is 1.25. The fourth-order valence-corrected chi connectivity index (χ4v) is 6.21. The average molecular weight is 663 g/mol. The largest absolute Gasteiger partial charge is 0.481 e.